The summed E-state index contributed by atoms with van der Waals surface area (Å²) in [5, 5.41) is 3.15. The molecule has 1 fully saturated rings. The molecule has 2 heterocycles. The van der Waals surface area contributed by atoms with Gasteiger partial charge in [-0.05, 0) is 46.4 Å². The maximum atomic E-state index is 5.85. The minimum absolute atomic E-state index is 0.492. The molecule has 1 N–H and O–H groups in total. The Labute approximate surface area is 103 Å². The third-order valence-corrected chi connectivity index (χ3v) is 3.40. The molecule has 1 unspecified atom stereocenters. The second-order valence-corrected chi connectivity index (χ2v) is 4.97. The van der Waals surface area contributed by atoms with E-state index in [1.165, 1.54) is 19.4 Å². The van der Waals surface area contributed by atoms with E-state index in [4.69, 9.17) is 4.42 Å². The van der Waals surface area contributed by atoms with Crippen LogP contribution in [-0.2, 0) is 6.42 Å². The summed E-state index contributed by atoms with van der Waals surface area (Å²) in [6, 6.07) is 0. The van der Waals surface area contributed by atoms with Crippen LogP contribution in [0.1, 0.15) is 36.8 Å². The summed E-state index contributed by atoms with van der Waals surface area (Å²) in [7, 11) is 4.15. The molecule has 0 bridgehead atoms. The van der Waals surface area contributed by atoms with E-state index in [1.807, 2.05) is 13.2 Å². The molecule has 4 nitrogen and oxygen atoms in total. The third-order valence-electron chi connectivity index (χ3n) is 3.40. The molecule has 1 aliphatic rings. The van der Waals surface area contributed by atoms with Crippen molar-refractivity contribution in [1.82, 2.24) is 15.2 Å². The van der Waals surface area contributed by atoms with Crippen LogP contribution in [-0.4, -0.2) is 43.6 Å². The SMILES string of the molecule is CNCCCc1cnc(C2CCCN(C)C2)o1. The van der Waals surface area contributed by atoms with Crippen LogP contribution in [0.3, 0.4) is 0 Å². The number of nitrogens with zero attached hydrogens (tertiary/aromatic N) is 2. The number of oxazole rings is 1. The van der Waals surface area contributed by atoms with Gasteiger partial charge < -0.3 is 14.6 Å². The molecule has 96 valence electrons. The summed E-state index contributed by atoms with van der Waals surface area (Å²) in [4.78, 5) is 6.80. The summed E-state index contributed by atoms with van der Waals surface area (Å²) in [6.45, 7) is 3.31. The molecule has 1 aromatic rings. The molecule has 0 amide bonds. The van der Waals surface area contributed by atoms with E-state index >= 15 is 0 Å². The first-order valence-corrected chi connectivity index (χ1v) is 6.57. The zero-order chi connectivity index (χ0) is 12.1. The summed E-state index contributed by atoms with van der Waals surface area (Å²) >= 11 is 0. The monoisotopic (exact) mass is 237 g/mol. The van der Waals surface area contributed by atoms with Crippen LogP contribution in [0, 0.1) is 0 Å². The predicted molar refractivity (Wildman–Crippen MR) is 68.2 cm³/mol. The number of likely N-dealkylation sites (N-methyl/N-ethyl adjacent to an activating group) is 1. The Morgan fingerprint density at radius 3 is 3.24 bits per heavy atom. The molecular weight excluding hydrogens is 214 g/mol. The fourth-order valence-corrected chi connectivity index (χ4v) is 2.43. The number of rotatable bonds is 5. The average molecular weight is 237 g/mol. The van der Waals surface area contributed by atoms with Crippen molar-refractivity contribution in [1.29, 1.82) is 0 Å². The Bertz CT molecular complexity index is 337. The Balaban J connectivity index is 1.88. The zero-order valence-corrected chi connectivity index (χ0v) is 10.9. The molecule has 1 aliphatic heterocycles. The van der Waals surface area contributed by atoms with Crippen LogP contribution in [0.5, 0.6) is 0 Å². The Hall–Kier alpha value is -0.870. The van der Waals surface area contributed by atoms with E-state index in [-0.39, 0.29) is 0 Å². The lowest BCUT2D eigenvalue weighted by Crippen LogP contribution is -2.30. The molecule has 4 heteroatoms. The normalized spacial score (nSPS) is 21.9. The Morgan fingerprint density at radius 1 is 1.59 bits per heavy atom. The molecule has 0 radical (unpaired) electrons. The molecule has 17 heavy (non-hydrogen) atoms. The smallest absolute Gasteiger partial charge is 0.198 e. The van der Waals surface area contributed by atoms with Crippen molar-refractivity contribution in [2.75, 3.05) is 33.7 Å². The van der Waals surface area contributed by atoms with Crippen molar-refractivity contribution in [3.63, 3.8) is 0 Å². The van der Waals surface area contributed by atoms with Crippen LogP contribution in [0.15, 0.2) is 10.6 Å². The van der Waals surface area contributed by atoms with E-state index in [2.05, 4.69) is 22.2 Å². The summed E-state index contributed by atoms with van der Waals surface area (Å²) in [6.07, 6.45) is 6.45. The molecule has 1 atom stereocenters. The van der Waals surface area contributed by atoms with Gasteiger partial charge in [0.2, 0.25) is 0 Å². The largest absolute Gasteiger partial charge is 0.445 e. The van der Waals surface area contributed by atoms with Gasteiger partial charge in [-0.1, -0.05) is 0 Å². The van der Waals surface area contributed by atoms with E-state index in [1.54, 1.807) is 0 Å². The minimum atomic E-state index is 0.492. The van der Waals surface area contributed by atoms with Gasteiger partial charge in [-0.3, -0.25) is 0 Å². The number of nitrogens with one attached hydrogen (secondary N) is 1. The van der Waals surface area contributed by atoms with Gasteiger partial charge in [-0.25, -0.2) is 4.98 Å². The average Bonchev–Trinajstić information content (AvgIpc) is 2.78. The lowest BCUT2D eigenvalue weighted by Gasteiger charge is -2.27. The van der Waals surface area contributed by atoms with Crippen molar-refractivity contribution in [2.24, 2.45) is 0 Å². The highest BCUT2D eigenvalue weighted by Gasteiger charge is 2.22. The molecule has 2 rings (SSSR count). The number of piperidine rings is 1. The number of aromatic nitrogens is 1. The first kappa shape index (κ1) is 12.6. The molecule has 0 aromatic carbocycles. The summed E-state index contributed by atoms with van der Waals surface area (Å²) in [5.74, 6) is 2.46. The Kier molecular flexibility index (Phi) is 4.57. The number of hydrogen-bond donors (Lipinski definition) is 1. The van der Waals surface area contributed by atoms with Crippen molar-refractivity contribution in [2.45, 2.75) is 31.6 Å². The molecular formula is C13H23N3O. The van der Waals surface area contributed by atoms with Crippen LogP contribution >= 0.6 is 0 Å². The van der Waals surface area contributed by atoms with Crippen molar-refractivity contribution in [3.8, 4) is 0 Å². The number of aryl methyl sites for hydroxylation is 1. The second kappa shape index (κ2) is 6.17. The van der Waals surface area contributed by atoms with Crippen molar-refractivity contribution >= 4 is 0 Å². The molecule has 0 saturated carbocycles. The minimum Gasteiger partial charge on any atom is -0.445 e. The van der Waals surface area contributed by atoms with Gasteiger partial charge in [0.05, 0.1) is 6.20 Å². The van der Waals surface area contributed by atoms with Crippen molar-refractivity contribution in [3.05, 3.63) is 17.8 Å². The molecule has 1 saturated heterocycles. The van der Waals surface area contributed by atoms with Gasteiger partial charge in [0.15, 0.2) is 5.89 Å². The quantitative estimate of drug-likeness (QED) is 0.790. The lowest BCUT2D eigenvalue weighted by molar-refractivity contribution is 0.228. The van der Waals surface area contributed by atoms with Gasteiger partial charge in [0.25, 0.3) is 0 Å². The maximum absolute atomic E-state index is 5.85. The van der Waals surface area contributed by atoms with Crippen LogP contribution < -0.4 is 5.32 Å². The topological polar surface area (TPSA) is 41.3 Å². The first-order valence-electron chi connectivity index (χ1n) is 6.57. The number of hydrogen-bond acceptors (Lipinski definition) is 4. The van der Waals surface area contributed by atoms with Crippen molar-refractivity contribution < 1.29 is 4.42 Å². The summed E-state index contributed by atoms with van der Waals surface area (Å²) in [5.41, 5.74) is 0. The van der Waals surface area contributed by atoms with E-state index in [0.717, 1.165) is 37.6 Å². The second-order valence-electron chi connectivity index (χ2n) is 4.97. The van der Waals surface area contributed by atoms with Crippen LogP contribution in [0.25, 0.3) is 0 Å². The fourth-order valence-electron chi connectivity index (χ4n) is 2.43. The molecule has 0 aliphatic carbocycles. The fraction of sp³-hybridized carbons (Fsp3) is 0.769. The highest BCUT2D eigenvalue weighted by atomic mass is 16.4. The van der Waals surface area contributed by atoms with E-state index in [0.29, 0.717) is 5.92 Å². The lowest BCUT2D eigenvalue weighted by atomic mass is 9.99. The highest BCUT2D eigenvalue weighted by molar-refractivity contribution is 5.01. The third kappa shape index (κ3) is 3.54. The standard InChI is InChI=1S/C13H23N3O/c1-14-7-3-6-12-9-15-13(17-12)11-5-4-8-16(2)10-11/h9,11,14H,3-8,10H2,1-2H3. The van der Waals surface area contributed by atoms with Gasteiger partial charge in [0, 0.05) is 18.9 Å². The van der Waals surface area contributed by atoms with Gasteiger partial charge in [-0.2, -0.15) is 0 Å². The maximum Gasteiger partial charge on any atom is 0.198 e. The van der Waals surface area contributed by atoms with Gasteiger partial charge in [-0.15, -0.1) is 0 Å². The molecule has 0 spiro atoms. The zero-order valence-electron chi connectivity index (χ0n) is 10.9. The molecule has 1 aromatic heterocycles. The predicted octanol–water partition coefficient (Wildman–Crippen LogP) is 1.64. The van der Waals surface area contributed by atoms with Crippen LogP contribution in [0.4, 0.5) is 0 Å². The van der Waals surface area contributed by atoms with E-state index in [9.17, 15) is 0 Å². The first-order chi connectivity index (χ1) is 8.29. The van der Waals surface area contributed by atoms with E-state index < -0.39 is 0 Å². The van der Waals surface area contributed by atoms with Gasteiger partial charge in [0.1, 0.15) is 5.76 Å². The van der Waals surface area contributed by atoms with Gasteiger partial charge >= 0.3 is 0 Å². The Morgan fingerprint density at radius 2 is 2.47 bits per heavy atom. The highest BCUT2D eigenvalue weighted by Crippen LogP contribution is 2.25. The summed E-state index contributed by atoms with van der Waals surface area (Å²) < 4.78 is 5.85. The number of likely N-dealkylation sites (tertiary alicyclic amines) is 1. The van der Waals surface area contributed by atoms with Crippen LogP contribution in [0.2, 0.25) is 0 Å².